The van der Waals surface area contributed by atoms with Crippen molar-refractivity contribution in [3.8, 4) is 5.75 Å². The van der Waals surface area contributed by atoms with E-state index in [1.807, 2.05) is 13.0 Å². The number of aromatic hydroxyl groups is 1. The van der Waals surface area contributed by atoms with Crippen LogP contribution < -0.4 is 15.4 Å². The number of anilines is 1. The zero-order chi connectivity index (χ0) is 36.5. The molecule has 17 nitrogen and oxygen atoms in total. The van der Waals surface area contributed by atoms with Crippen LogP contribution in [0.4, 0.5) is 28.4 Å². The minimum Gasteiger partial charge on any atom is -0.545 e. The highest BCUT2D eigenvalue weighted by molar-refractivity contribution is 7.95. The molecule has 0 unspecified atom stereocenters. The fraction of sp³-hybridized carbons (Fsp3) is 0.0968. The molecule has 0 saturated carbocycles. The minimum atomic E-state index is -3.94. The average molecular weight is 755 g/mol. The zero-order valence-electron chi connectivity index (χ0n) is 26.1. The first kappa shape index (κ1) is 37.2. The molecule has 1 heterocycles. The molecule has 5 rings (SSSR count). The third kappa shape index (κ3) is 9.21. The number of hydrogen-bond acceptors (Lipinski definition) is 18. The Morgan fingerprint density at radius 1 is 0.882 bits per heavy atom. The van der Waals surface area contributed by atoms with Gasteiger partial charge in [0.1, 0.15) is 22.8 Å². The summed E-state index contributed by atoms with van der Waals surface area (Å²) in [5.74, 6) is -2.13. The number of benzene rings is 4. The number of phenols is 1. The largest absolute Gasteiger partial charge is 0.545 e. The Bertz CT molecular complexity index is 2260. The Kier molecular flexibility index (Phi) is 12.3. The summed E-state index contributed by atoms with van der Waals surface area (Å²) in [6.07, 6.45) is 2.77. The van der Waals surface area contributed by atoms with Gasteiger partial charge < -0.3 is 20.7 Å². The van der Waals surface area contributed by atoms with Gasteiger partial charge in [0.05, 0.1) is 61.7 Å². The molecule has 0 atom stereocenters. The number of carboxylic acid groups (broad SMARTS) is 1. The molecule has 0 saturated heterocycles. The van der Waals surface area contributed by atoms with E-state index in [1.165, 1.54) is 65.5 Å². The summed E-state index contributed by atoms with van der Waals surface area (Å²) < 4.78 is 37.0. The van der Waals surface area contributed by atoms with Gasteiger partial charge in [-0.2, -0.15) is 5.11 Å². The number of carbonyl (C=O) groups excluding carboxylic acids is 1. The number of azo groups is 2. The molecule has 4 aromatic carbocycles. The Balaban J connectivity index is 1.50. The van der Waals surface area contributed by atoms with E-state index < -0.39 is 21.6 Å². The molecular formula is C31H26N6O11S3. The predicted molar refractivity (Wildman–Crippen MR) is 180 cm³/mol. The third-order valence-electron chi connectivity index (χ3n) is 7.07. The summed E-state index contributed by atoms with van der Waals surface area (Å²) in [6, 6.07) is 18.3. The Morgan fingerprint density at radius 2 is 1.63 bits per heavy atom. The van der Waals surface area contributed by atoms with Gasteiger partial charge in [-0.25, -0.2) is 23.5 Å². The number of rotatable bonds is 15. The lowest BCUT2D eigenvalue weighted by atomic mass is 10.1. The van der Waals surface area contributed by atoms with Crippen LogP contribution in [0.1, 0.15) is 15.9 Å². The maximum absolute atomic E-state index is 13.2. The van der Waals surface area contributed by atoms with Gasteiger partial charge in [0.25, 0.3) is 0 Å². The quantitative estimate of drug-likeness (QED) is 0.0230. The molecule has 264 valence electrons. The van der Waals surface area contributed by atoms with E-state index in [0.29, 0.717) is 29.8 Å². The molecule has 0 aliphatic carbocycles. The van der Waals surface area contributed by atoms with Gasteiger partial charge in [-0.3, -0.25) is 0 Å². The van der Waals surface area contributed by atoms with E-state index in [0.717, 1.165) is 5.56 Å². The normalized spacial score (nSPS) is 12.0. The van der Waals surface area contributed by atoms with Gasteiger partial charge >= 0.3 is 0 Å². The molecule has 51 heavy (non-hydrogen) atoms. The van der Waals surface area contributed by atoms with Crippen molar-refractivity contribution in [1.82, 2.24) is 0 Å². The first-order valence-corrected chi connectivity index (χ1v) is 17.5. The van der Waals surface area contributed by atoms with Crippen molar-refractivity contribution in [2.45, 2.75) is 28.2 Å². The lowest BCUT2D eigenvalue weighted by Gasteiger charge is -2.12. The monoisotopic (exact) mass is 754 g/mol. The van der Waals surface area contributed by atoms with Crippen molar-refractivity contribution in [2.24, 2.45) is 20.5 Å². The first-order valence-electron chi connectivity index (χ1n) is 14.4. The molecule has 5 N–H and O–H groups in total. The van der Waals surface area contributed by atoms with Crippen LogP contribution in [0.5, 0.6) is 5.75 Å². The Morgan fingerprint density at radius 3 is 2.35 bits per heavy atom. The minimum absolute atomic E-state index is 0.0136. The van der Waals surface area contributed by atoms with Crippen molar-refractivity contribution in [1.29, 1.82) is 0 Å². The summed E-state index contributed by atoms with van der Waals surface area (Å²) in [5, 5.41) is 64.9. The lowest BCUT2D eigenvalue weighted by Crippen LogP contribution is -2.38. The molecule has 0 aliphatic rings. The molecule has 0 aliphatic heterocycles. The fourth-order valence-electron chi connectivity index (χ4n) is 4.66. The number of carbonyl (C=O) groups is 1. The standard InChI is InChI=1S/C31H26N6O11S3/c1-18-4-2-6-20(14-18)33-36-29-27(50-48-46-42)16-23-22(30(29)38)8-9-24(32)28(23)35-34-25-10-7-21(15-26(25)49-47-45-41)51(43,44)13-12-37-11-3-5-19(17-37)31(39)40/h2-11,14-17H,12-13H2,1H3,(H5-,32,33,34,38,39,40,41,42). The van der Waals surface area contributed by atoms with Crippen LogP contribution in [0.3, 0.4) is 0 Å². The van der Waals surface area contributed by atoms with Crippen LogP contribution in [-0.4, -0.2) is 35.8 Å². The van der Waals surface area contributed by atoms with Crippen molar-refractivity contribution >= 4 is 79.1 Å². The van der Waals surface area contributed by atoms with Crippen molar-refractivity contribution in [3.05, 3.63) is 96.3 Å². The lowest BCUT2D eigenvalue weighted by molar-refractivity contribution is -0.692. The fourth-order valence-corrected chi connectivity index (χ4v) is 6.95. The highest BCUT2D eigenvalue weighted by atomic mass is 32.2. The highest BCUT2D eigenvalue weighted by Crippen LogP contribution is 2.48. The van der Waals surface area contributed by atoms with E-state index in [4.69, 9.17) is 16.2 Å². The van der Waals surface area contributed by atoms with Crippen LogP contribution in [0.25, 0.3) is 10.8 Å². The van der Waals surface area contributed by atoms with Crippen LogP contribution in [0.15, 0.2) is 120 Å². The second-order valence-electron chi connectivity index (χ2n) is 10.4. The number of nitrogens with two attached hydrogens (primary N) is 1. The van der Waals surface area contributed by atoms with Crippen molar-refractivity contribution in [3.63, 3.8) is 0 Å². The number of phenolic OH excluding ortho intramolecular Hbond substituents is 1. The third-order valence-corrected chi connectivity index (χ3v) is 10.0. The summed E-state index contributed by atoms with van der Waals surface area (Å²) in [6.45, 7) is 1.82. The van der Waals surface area contributed by atoms with Gasteiger partial charge in [-0.15, -0.1) is 24.0 Å². The molecule has 0 radical (unpaired) electrons. The Hall–Kier alpha value is -5.03. The first-order chi connectivity index (χ1) is 24.5. The van der Waals surface area contributed by atoms with Crippen LogP contribution in [0.2, 0.25) is 0 Å². The zero-order valence-corrected chi connectivity index (χ0v) is 28.6. The van der Waals surface area contributed by atoms with Gasteiger partial charge in [-0.1, -0.05) is 22.2 Å². The number of nitrogens with zero attached hydrogens (tertiary/aromatic N) is 5. The number of hydrogen-bond donors (Lipinski definition) is 4. The van der Waals surface area contributed by atoms with Crippen molar-refractivity contribution in [2.75, 3.05) is 11.5 Å². The number of fused-ring (bicyclic) bond motifs is 1. The van der Waals surface area contributed by atoms with Crippen molar-refractivity contribution < 1.29 is 57.3 Å². The number of nitrogen functional groups attached to an aromatic ring is 1. The number of aryl methyl sites for hydroxylation is 2. The molecule has 0 amide bonds. The molecule has 1 aromatic heterocycles. The topological polar surface area (TPSA) is 251 Å². The van der Waals surface area contributed by atoms with Gasteiger partial charge in [0, 0.05) is 16.8 Å². The molecule has 0 spiro atoms. The van der Waals surface area contributed by atoms with Crippen LogP contribution in [-0.2, 0) is 35.1 Å². The number of sulfone groups is 1. The van der Waals surface area contributed by atoms with E-state index in [9.17, 15) is 23.4 Å². The number of carboxylic acids is 1. The highest BCUT2D eigenvalue weighted by Gasteiger charge is 2.21. The smallest absolute Gasteiger partial charge is 0.184 e. The van der Waals surface area contributed by atoms with E-state index >= 15 is 0 Å². The molecule has 5 aromatic rings. The SMILES string of the molecule is Cc1cccc(N=Nc2c(SOOO)cc3c(N=Nc4ccc(S(=O)(=O)CC[n+]5cccc(C(=O)[O-])c5)cc4SOOO)c(N)ccc3c2O)c1. The Labute approximate surface area is 297 Å². The van der Waals surface area contributed by atoms with Gasteiger partial charge in [0.2, 0.25) is 0 Å². The summed E-state index contributed by atoms with van der Waals surface area (Å²) in [7, 11) is -3.94. The number of aromatic nitrogens is 1. The summed E-state index contributed by atoms with van der Waals surface area (Å²) in [4.78, 5) is 11.2. The maximum atomic E-state index is 13.2. The summed E-state index contributed by atoms with van der Waals surface area (Å²) >= 11 is 0.960. The maximum Gasteiger partial charge on any atom is 0.184 e. The number of aromatic carboxylic acids is 1. The van der Waals surface area contributed by atoms with Crippen LogP contribution >= 0.6 is 24.1 Å². The molecular weight excluding hydrogens is 729 g/mol. The van der Waals surface area contributed by atoms with E-state index in [-0.39, 0.29) is 66.1 Å². The molecule has 0 fully saturated rings. The molecule has 20 heteroatoms. The van der Waals surface area contributed by atoms with E-state index in [1.54, 1.807) is 18.2 Å². The molecule has 0 bridgehead atoms. The van der Waals surface area contributed by atoms with Gasteiger partial charge in [-0.05, 0) is 67.1 Å². The predicted octanol–water partition coefficient (Wildman–Crippen LogP) is 6.25. The number of pyridine rings is 1. The second-order valence-corrected chi connectivity index (χ2v) is 14.0. The van der Waals surface area contributed by atoms with E-state index in [2.05, 4.69) is 39.2 Å². The van der Waals surface area contributed by atoms with Gasteiger partial charge in [0.15, 0.2) is 34.5 Å². The second kappa shape index (κ2) is 16.8. The average Bonchev–Trinajstić information content (AvgIpc) is 3.11. The summed E-state index contributed by atoms with van der Waals surface area (Å²) in [5.41, 5.74) is 7.89. The van der Waals surface area contributed by atoms with Crippen LogP contribution in [0, 0.1) is 6.92 Å².